The molecule has 0 aromatic heterocycles. The lowest BCUT2D eigenvalue weighted by molar-refractivity contribution is -0.138. The van der Waals surface area contributed by atoms with Gasteiger partial charge in [0.05, 0.1) is 31.2 Å². The highest BCUT2D eigenvalue weighted by atomic mass is 35.5. The van der Waals surface area contributed by atoms with Crippen LogP contribution in [0, 0.1) is 13.8 Å². The Kier molecular flexibility index (Phi) is 8.52. The van der Waals surface area contributed by atoms with E-state index in [0.29, 0.717) is 11.1 Å². The summed E-state index contributed by atoms with van der Waals surface area (Å²) in [6.45, 7) is 3.73. The van der Waals surface area contributed by atoms with Crippen LogP contribution in [0.4, 0.5) is 26.3 Å². The molecule has 11 heteroatoms. The van der Waals surface area contributed by atoms with Crippen molar-refractivity contribution in [3.8, 4) is 22.3 Å². The molecule has 0 amide bonds. The van der Waals surface area contributed by atoms with E-state index in [-0.39, 0.29) is 31.2 Å². The summed E-state index contributed by atoms with van der Waals surface area (Å²) in [5.74, 6) is 0. The Morgan fingerprint density at radius 1 is 0.513 bits per heavy atom. The van der Waals surface area contributed by atoms with E-state index in [1.54, 1.807) is 36.4 Å². The van der Waals surface area contributed by atoms with Crippen LogP contribution in [0.25, 0.3) is 22.3 Å². The summed E-state index contributed by atoms with van der Waals surface area (Å²) in [5.41, 5.74) is 1.43. The molecule has 0 fully saturated rings. The van der Waals surface area contributed by atoms with Gasteiger partial charge in [-0.05, 0) is 72.5 Å². The van der Waals surface area contributed by atoms with Gasteiger partial charge in [-0.2, -0.15) is 26.3 Å². The molecule has 0 spiro atoms. The lowest BCUT2D eigenvalue weighted by Crippen LogP contribution is -2.05. The number of hydrogen-bond donors (Lipinski definition) is 0. The molecule has 204 valence electrons. The van der Waals surface area contributed by atoms with Crippen LogP contribution in [-0.4, -0.2) is 0 Å². The van der Waals surface area contributed by atoms with Crippen molar-refractivity contribution >= 4 is 58.2 Å². The van der Waals surface area contributed by atoms with Gasteiger partial charge in [0.1, 0.15) is 0 Å². The molecule has 39 heavy (non-hydrogen) atoms. The zero-order valence-electron chi connectivity index (χ0n) is 20.0. The minimum Gasteiger partial charge on any atom is -0.166 e. The summed E-state index contributed by atoms with van der Waals surface area (Å²) in [5, 5.41) is -0.558. The van der Waals surface area contributed by atoms with E-state index in [1.807, 2.05) is 13.8 Å². The van der Waals surface area contributed by atoms with Crippen molar-refractivity contribution in [3.05, 3.63) is 103 Å². The van der Waals surface area contributed by atoms with Gasteiger partial charge in [0.2, 0.25) is 0 Å². The van der Waals surface area contributed by atoms with E-state index < -0.39 is 23.5 Å². The van der Waals surface area contributed by atoms with Crippen LogP contribution in [0.5, 0.6) is 0 Å². The van der Waals surface area contributed by atoms with Gasteiger partial charge >= 0.3 is 12.4 Å². The molecule has 0 saturated carbocycles. The van der Waals surface area contributed by atoms with Gasteiger partial charge in [-0.25, -0.2) is 0 Å². The first-order chi connectivity index (χ1) is 18.1. The third kappa shape index (κ3) is 6.49. The molecule has 0 N–H and O–H groups in total. The summed E-state index contributed by atoms with van der Waals surface area (Å²) in [6.07, 6.45) is -9.19. The van der Waals surface area contributed by atoms with E-state index >= 15 is 0 Å². The highest BCUT2D eigenvalue weighted by Crippen LogP contribution is 2.45. The van der Waals surface area contributed by atoms with Crippen molar-refractivity contribution in [1.29, 1.82) is 0 Å². The van der Waals surface area contributed by atoms with E-state index in [0.717, 1.165) is 45.2 Å². The van der Waals surface area contributed by atoms with Gasteiger partial charge in [0.25, 0.3) is 0 Å². The van der Waals surface area contributed by atoms with Gasteiger partial charge in [0.15, 0.2) is 0 Å². The van der Waals surface area contributed by atoms with Gasteiger partial charge in [-0.15, -0.1) is 0 Å². The SMILES string of the molecule is Cc1ccc(-c2c(Cl)cc(C(F)(F)F)cc2Cl)cc1Sc1cc(-c2c(Cl)cc(C(F)(F)F)cc2Cl)ccc1C. The quantitative estimate of drug-likeness (QED) is 0.200. The molecule has 4 aromatic rings. The number of aryl methyl sites for hydroxylation is 2. The lowest BCUT2D eigenvalue weighted by Gasteiger charge is -2.16. The number of benzene rings is 4. The van der Waals surface area contributed by atoms with Crippen molar-refractivity contribution < 1.29 is 26.3 Å². The summed E-state index contributed by atoms with van der Waals surface area (Å²) in [4.78, 5) is 1.54. The molecule has 0 nitrogen and oxygen atoms in total. The topological polar surface area (TPSA) is 0 Å². The zero-order valence-corrected chi connectivity index (χ0v) is 23.8. The minimum atomic E-state index is -4.60. The summed E-state index contributed by atoms with van der Waals surface area (Å²) in [6, 6.07) is 13.9. The molecule has 0 unspecified atom stereocenters. The van der Waals surface area contributed by atoms with Crippen LogP contribution in [0.3, 0.4) is 0 Å². The molecule has 0 radical (unpaired) electrons. The zero-order chi connectivity index (χ0) is 28.9. The van der Waals surface area contributed by atoms with Crippen molar-refractivity contribution in [2.45, 2.75) is 36.0 Å². The van der Waals surface area contributed by atoms with Gasteiger partial charge in [-0.3, -0.25) is 0 Å². The predicted molar refractivity (Wildman–Crippen MR) is 147 cm³/mol. The normalized spacial score (nSPS) is 12.2. The Labute approximate surface area is 244 Å². The number of alkyl halides is 6. The Bertz CT molecular complexity index is 1410. The maximum atomic E-state index is 13.2. The van der Waals surface area contributed by atoms with Gasteiger partial charge in [-0.1, -0.05) is 82.4 Å². The number of halogens is 10. The molecule has 0 aliphatic heterocycles. The molecular weight excluding hydrogens is 624 g/mol. The Morgan fingerprint density at radius 3 is 1.10 bits per heavy atom. The molecule has 4 rings (SSSR count). The lowest BCUT2D eigenvalue weighted by atomic mass is 10.0. The molecule has 0 saturated heterocycles. The maximum Gasteiger partial charge on any atom is 0.416 e. The van der Waals surface area contributed by atoms with E-state index in [9.17, 15) is 26.3 Å². The highest BCUT2D eigenvalue weighted by Gasteiger charge is 2.33. The second kappa shape index (κ2) is 11.1. The van der Waals surface area contributed by atoms with Crippen LogP contribution in [0.2, 0.25) is 20.1 Å². The van der Waals surface area contributed by atoms with Crippen LogP contribution in [-0.2, 0) is 12.4 Å². The van der Waals surface area contributed by atoms with Gasteiger partial charge in [0, 0.05) is 20.9 Å². The molecule has 0 heterocycles. The summed E-state index contributed by atoms with van der Waals surface area (Å²) < 4.78 is 79.0. The Balaban J connectivity index is 1.74. The Morgan fingerprint density at radius 2 is 0.821 bits per heavy atom. The van der Waals surface area contributed by atoms with Crippen LogP contribution in [0.1, 0.15) is 22.3 Å². The number of hydrogen-bond acceptors (Lipinski definition) is 1. The van der Waals surface area contributed by atoms with Crippen LogP contribution in [0.15, 0.2) is 70.5 Å². The number of rotatable bonds is 4. The van der Waals surface area contributed by atoms with Crippen LogP contribution < -0.4 is 0 Å². The summed E-state index contributed by atoms with van der Waals surface area (Å²) >= 11 is 26.3. The second-order valence-electron chi connectivity index (χ2n) is 8.69. The first kappa shape index (κ1) is 29.9. The van der Waals surface area contributed by atoms with Crippen molar-refractivity contribution in [1.82, 2.24) is 0 Å². The average Bonchev–Trinajstić information content (AvgIpc) is 2.81. The minimum absolute atomic E-state index is 0.139. The average molecular weight is 640 g/mol. The fourth-order valence-electron chi connectivity index (χ4n) is 3.87. The Hall–Kier alpha value is -2.03. The second-order valence-corrected chi connectivity index (χ2v) is 11.4. The maximum absolute atomic E-state index is 13.2. The first-order valence-electron chi connectivity index (χ1n) is 11.1. The molecule has 0 aliphatic carbocycles. The van der Waals surface area contributed by atoms with E-state index in [1.165, 1.54) is 11.8 Å². The smallest absolute Gasteiger partial charge is 0.166 e. The molecular formula is C28H16Cl4F6S. The molecule has 0 aliphatic rings. The van der Waals surface area contributed by atoms with E-state index in [4.69, 9.17) is 46.4 Å². The fourth-order valence-corrected chi connectivity index (χ4v) is 6.35. The molecule has 0 atom stereocenters. The monoisotopic (exact) mass is 638 g/mol. The third-order valence-electron chi connectivity index (χ3n) is 5.91. The molecule has 4 aromatic carbocycles. The van der Waals surface area contributed by atoms with Crippen molar-refractivity contribution in [3.63, 3.8) is 0 Å². The van der Waals surface area contributed by atoms with Gasteiger partial charge < -0.3 is 0 Å². The van der Waals surface area contributed by atoms with Crippen LogP contribution >= 0.6 is 58.2 Å². The highest BCUT2D eigenvalue weighted by molar-refractivity contribution is 7.99. The van der Waals surface area contributed by atoms with E-state index in [2.05, 4.69) is 0 Å². The third-order valence-corrected chi connectivity index (χ3v) is 8.42. The van der Waals surface area contributed by atoms with Crippen molar-refractivity contribution in [2.24, 2.45) is 0 Å². The predicted octanol–water partition coefficient (Wildman–Crippen LogP) is 12.4. The first-order valence-corrected chi connectivity index (χ1v) is 13.4. The standard InChI is InChI=1S/C28H16Cl4F6S/c1-13-3-5-15(25-19(29)9-17(10-20(25)30)27(33,34)35)7-23(13)39-24-8-16(6-4-14(24)2)26-21(31)11-18(12-22(26)32)28(36,37)38/h3-12H,1-2H3. The largest absolute Gasteiger partial charge is 0.416 e. The summed E-state index contributed by atoms with van der Waals surface area (Å²) in [7, 11) is 0. The fraction of sp³-hybridized carbons (Fsp3) is 0.143. The molecule has 0 bridgehead atoms. The van der Waals surface area contributed by atoms with Crippen molar-refractivity contribution in [2.75, 3.05) is 0 Å².